The first-order valence-corrected chi connectivity index (χ1v) is 8.98. The number of nitrogens with two attached hydrogens (primary N) is 1. The average molecular weight is 342 g/mol. The number of nitrogens with zero attached hydrogens (tertiary/aromatic N) is 1. The van der Waals surface area contributed by atoms with Gasteiger partial charge in [0, 0.05) is 18.2 Å². The number of aliphatic hydroxyl groups is 1. The monoisotopic (exact) mass is 342 g/mol. The zero-order valence-corrected chi connectivity index (χ0v) is 14.4. The minimum Gasteiger partial charge on any atom is -0.467 e. The second-order valence-electron chi connectivity index (χ2n) is 6.81. The first-order valence-electron chi connectivity index (χ1n) is 8.98. The van der Waals surface area contributed by atoms with Gasteiger partial charge in [0.15, 0.2) is 0 Å². The first-order chi connectivity index (χ1) is 12.1. The van der Waals surface area contributed by atoms with Crippen LogP contribution in [-0.2, 0) is 6.54 Å². The van der Waals surface area contributed by atoms with Crippen LogP contribution in [0.1, 0.15) is 59.9 Å². The fourth-order valence-electron chi connectivity index (χ4n) is 3.62. The largest absolute Gasteiger partial charge is 0.467 e. The summed E-state index contributed by atoms with van der Waals surface area (Å²) in [6, 6.07) is 11.4. The number of primary amides is 1. The van der Waals surface area contributed by atoms with Gasteiger partial charge in [-0.15, -0.1) is 0 Å². The topological polar surface area (TPSA) is 79.7 Å². The van der Waals surface area contributed by atoms with Crippen LogP contribution in [-0.4, -0.2) is 28.5 Å². The number of carbonyl (C=O) groups is 1. The second-order valence-corrected chi connectivity index (χ2v) is 6.81. The van der Waals surface area contributed by atoms with E-state index in [2.05, 4.69) is 4.90 Å². The SMILES string of the molecule is NC(=O)c1cccc(CN2CCCCC[C@@H]2C[C@@H](O)c2ccco2)c1. The molecule has 25 heavy (non-hydrogen) atoms. The van der Waals surface area contributed by atoms with E-state index >= 15 is 0 Å². The first kappa shape index (κ1) is 17.7. The highest BCUT2D eigenvalue weighted by Gasteiger charge is 2.25. The Morgan fingerprint density at radius 2 is 2.16 bits per heavy atom. The van der Waals surface area contributed by atoms with Crippen LogP contribution in [0.25, 0.3) is 0 Å². The minimum atomic E-state index is -0.586. The Morgan fingerprint density at radius 1 is 1.28 bits per heavy atom. The van der Waals surface area contributed by atoms with Crippen LogP contribution in [0.5, 0.6) is 0 Å². The lowest BCUT2D eigenvalue weighted by molar-refractivity contribution is 0.0830. The number of furan rings is 1. The summed E-state index contributed by atoms with van der Waals surface area (Å²) in [4.78, 5) is 13.8. The summed E-state index contributed by atoms with van der Waals surface area (Å²) in [5.41, 5.74) is 7.01. The number of rotatable bonds is 6. The summed E-state index contributed by atoms with van der Waals surface area (Å²) < 4.78 is 5.34. The van der Waals surface area contributed by atoms with E-state index in [4.69, 9.17) is 10.2 Å². The zero-order valence-electron chi connectivity index (χ0n) is 14.4. The summed E-state index contributed by atoms with van der Waals surface area (Å²) in [5, 5.41) is 10.5. The Morgan fingerprint density at radius 3 is 2.92 bits per heavy atom. The van der Waals surface area contributed by atoms with Gasteiger partial charge < -0.3 is 15.3 Å². The lowest BCUT2D eigenvalue weighted by Crippen LogP contribution is -2.35. The summed E-state index contributed by atoms with van der Waals surface area (Å²) in [6.45, 7) is 1.76. The van der Waals surface area contributed by atoms with Crippen LogP contribution in [0.4, 0.5) is 0 Å². The third kappa shape index (κ3) is 4.71. The van der Waals surface area contributed by atoms with E-state index in [1.165, 1.54) is 12.8 Å². The molecule has 0 radical (unpaired) electrons. The number of aliphatic hydroxyl groups excluding tert-OH is 1. The minimum absolute atomic E-state index is 0.292. The molecule has 0 bridgehead atoms. The maximum absolute atomic E-state index is 11.4. The van der Waals surface area contributed by atoms with Crippen LogP contribution in [0, 0.1) is 0 Å². The quantitative estimate of drug-likeness (QED) is 0.844. The number of carbonyl (C=O) groups excluding carboxylic acids is 1. The maximum atomic E-state index is 11.4. The van der Waals surface area contributed by atoms with Gasteiger partial charge in [-0.25, -0.2) is 0 Å². The Kier molecular flexibility index (Phi) is 5.89. The number of hydrogen-bond donors (Lipinski definition) is 2. The highest BCUT2D eigenvalue weighted by Crippen LogP contribution is 2.28. The molecular formula is C20H26N2O3. The van der Waals surface area contributed by atoms with Gasteiger partial charge in [0.05, 0.1) is 6.26 Å². The Hall–Kier alpha value is -2.11. The van der Waals surface area contributed by atoms with Crippen molar-refractivity contribution in [2.24, 2.45) is 5.73 Å². The highest BCUT2D eigenvalue weighted by atomic mass is 16.4. The van der Waals surface area contributed by atoms with Gasteiger partial charge in [0.25, 0.3) is 0 Å². The van der Waals surface area contributed by atoms with Gasteiger partial charge in [-0.3, -0.25) is 9.69 Å². The molecule has 3 N–H and O–H groups in total. The van der Waals surface area contributed by atoms with E-state index in [1.54, 1.807) is 18.4 Å². The lowest BCUT2D eigenvalue weighted by Gasteiger charge is -2.31. The van der Waals surface area contributed by atoms with E-state index in [9.17, 15) is 9.90 Å². The van der Waals surface area contributed by atoms with Gasteiger partial charge in [-0.1, -0.05) is 25.0 Å². The van der Waals surface area contributed by atoms with Gasteiger partial charge in [-0.2, -0.15) is 0 Å². The second kappa shape index (κ2) is 8.32. The molecule has 3 rings (SSSR count). The van der Waals surface area contributed by atoms with Crippen molar-refractivity contribution in [1.82, 2.24) is 4.90 Å². The summed E-state index contributed by atoms with van der Waals surface area (Å²) >= 11 is 0. The van der Waals surface area contributed by atoms with Crippen molar-refractivity contribution in [1.29, 1.82) is 0 Å². The van der Waals surface area contributed by atoms with Crippen molar-refractivity contribution < 1.29 is 14.3 Å². The summed E-state index contributed by atoms with van der Waals surface area (Å²) in [6.07, 6.45) is 6.27. The zero-order chi connectivity index (χ0) is 17.6. The van der Waals surface area contributed by atoms with Crippen LogP contribution in [0.15, 0.2) is 47.1 Å². The van der Waals surface area contributed by atoms with E-state index in [0.717, 1.165) is 31.5 Å². The highest BCUT2D eigenvalue weighted by molar-refractivity contribution is 5.92. The molecule has 0 aliphatic carbocycles. The van der Waals surface area contributed by atoms with E-state index in [0.29, 0.717) is 23.8 Å². The molecule has 2 heterocycles. The normalized spacial score (nSPS) is 20.1. The van der Waals surface area contributed by atoms with Crippen molar-refractivity contribution in [2.45, 2.75) is 50.8 Å². The van der Waals surface area contributed by atoms with Crippen LogP contribution < -0.4 is 5.73 Å². The molecule has 0 unspecified atom stereocenters. The Bertz CT molecular complexity index is 684. The van der Waals surface area contributed by atoms with E-state index in [-0.39, 0.29) is 0 Å². The molecule has 1 aromatic heterocycles. The van der Waals surface area contributed by atoms with Gasteiger partial charge in [0.2, 0.25) is 5.91 Å². The molecular weight excluding hydrogens is 316 g/mol. The molecule has 2 atom stereocenters. The molecule has 5 heteroatoms. The molecule has 5 nitrogen and oxygen atoms in total. The predicted molar refractivity (Wildman–Crippen MR) is 95.9 cm³/mol. The molecule has 134 valence electrons. The summed E-state index contributed by atoms with van der Waals surface area (Å²) in [5.74, 6) is 0.224. The van der Waals surface area contributed by atoms with Gasteiger partial charge >= 0.3 is 0 Å². The number of likely N-dealkylation sites (tertiary alicyclic amines) is 1. The van der Waals surface area contributed by atoms with Crippen molar-refractivity contribution in [2.75, 3.05) is 6.54 Å². The van der Waals surface area contributed by atoms with Crippen molar-refractivity contribution in [3.8, 4) is 0 Å². The van der Waals surface area contributed by atoms with Gasteiger partial charge in [0.1, 0.15) is 11.9 Å². The van der Waals surface area contributed by atoms with Crippen molar-refractivity contribution in [3.63, 3.8) is 0 Å². The standard InChI is InChI=1S/C20H26N2O3/c21-20(24)16-7-4-6-15(12-16)14-22-10-3-1-2-8-17(22)13-18(23)19-9-5-11-25-19/h4-7,9,11-12,17-18,23H,1-3,8,10,13-14H2,(H2,21,24)/t17-,18-/m1/s1. The van der Waals surface area contributed by atoms with Crippen molar-refractivity contribution in [3.05, 3.63) is 59.5 Å². The van der Waals surface area contributed by atoms with Crippen molar-refractivity contribution >= 4 is 5.91 Å². The molecule has 1 aliphatic heterocycles. The molecule has 1 aromatic carbocycles. The number of benzene rings is 1. The fourth-order valence-corrected chi connectivity index (χ4v) is 3.62. The van der Waals surface area contributed by atoms with E-state index in [1.807, 2.05) is 24.3 Å². The molecule has 0 saturated carbocycles. The predicted octanol–water partition coefficient (Wildman–Crippen LogP) is 3.25. The average Bonchev–Trinajstić information content (AvgIpc) is 3.06. The molecule has 1 fully saturated rings. The number of hydrogen-bond acceptors (Lipinski definition) is 4. The smallest absolute Gasteiger partial charge is 0.248 e. The molecule has 0 spiro atoms. The van der Waals surface area contributed by atoms with Crippen LogP contribution >= 0.6 is 0 Å². The molecule has 2 aromatic rings. The maximum Gasteiger partial charge on any atom is 0.248 e. The molecule has 1 saturated heterocycles. The Labute approximate surface area is 148 Å². The van der Waals surface area contributed by atoms with Crippen LogP contribution in [0.2, 0.25) is 0 Å². The van der Waals surface area contributed by atoms with Gasteiger partial charge in [-0.05, 0) is 55.6 Å². The summed E-state index contributed by atoms with van der Waals surface area (Å²) in [7, 11) is 0. The third-order valence-electron chi connectivity index (χ3n) is 4.96. The lowest BCUT2D eigenvalue weighted by atomic mass is 10.0. The Balaban J connectivity index is 1.72. The number of amides is 1. The van der Waals surface area contributed by atoms with Crippen LogP contribution in [0.3, 0.4) is 0 Å². The molecule has 1 aliphatic rings. The third-order valence-corrected chi connectivity index (χ3v) is 4.96. The van der Waals surface area contributed by atoms with E-state index < -0.39 is 12.0 Å². The fraction of sp³-hybridized carbons (Fsp3) is 0.450. The molecule has 1 amide bonds.